The zero-order valence-electron chi connectivity index (χ0n) is 13.8. The highest BCUT2D eigenvalue weighted by Gasteiger charge is 2.39. The Hall–Kier alpha value is -1.98. The standard InChI is InChI=1S/C20H19BrN2O2/c21-16-9-4-10-17-18(16)19(24)20(25)23(17)13-22-11-5-8-15(22)12-14-6-2-1-3-7-14/h1-4,6-7,9-10,15H,5,8,11-13H2. The number of rotatable bonds is 4. The van der Waals surface area contributed by atoms with Gasteiger partial charge in [-0.25, -0.2) is 0 Å². The lowest BCUT2D eigenvalue weighted by Gasteiger charge is -2.29. The van der Waals surface area contributed by atoms with Crippen molar-refractivity contribution in [3.63, 3.8) is 0 Å². The number of anilines is 1. The fourth-order valence-electron chi connectivity index (χ4n) is 3.82. The molecule has 4 nitrogen and oxygen atoms in total. The van der Waals surface area contributed by atoms with E-state index in [0.717, 1.165) is 31.5 Å². The molecule has 0 radical (unpaired) electrons. The third-order valence-electron chi connectivity index (χ3n) is 5.09. The van der Waals surface area contributed by atoms with Crippen LogP contribution in [0.2, 0.25) is 0 Å². The normalized spacial score (nSPS) is 20.4. The number of likely N-dealkylation sites (tertiary alicyclic amines) is 1. The second-order valence-corrected chi connectivity index (χ2v) is 7.49. The van der Waals surface area contributed by atoms with E-state index >= 15 is 0 Å². The van der Waals surface area contributed by atoms with Gasteiger partial charge in [-0.2, -0.15) is 0 Å². The largest absolute Gasteiger partial charge is 0.300 e. The first-order chi connectivity index (χ1) is 12.1. The van der Waals surface area contributed by atoms with Crippen LogP contribution in [-0.2, 0) is 11.2 Å². The van der Waals surface area contributed by atoms with Crippen LogP contribution in [0.1, 0.15) is 28.8 Å². The van der Waals surface area contributed by atoms with Crippen LogP contribution >= 0.6 is 15.9 Å². The monoisotopic (exact) mass is 398 g/mol. The molecule has 1 atom stereocenters. The van der Waals surface area contributed by atoms with Gasteiger partial charge in [-0.15, -0.1) is 0 Å². The van der Waals surface area contributed by atoms with Crippen molar-refractivity contribution in [3.8, 4) is 0 Å². The molecule has 0 saturated carbocycles. The quantitative estimate of drug-likeness (QED) is 0.738. The molecule has 0 aliphatic carbocycles. The molecule has 0 spiro atoms. The summed E-state index contributed by atoms with van der Waals surface area (Å²) in [5.74, 6) is -0.839. The van der Waals surface area contributed by atoms with Crippen LogP contribution in [0.15, 0.2) is 53.0 Å². The molecule has 2 aromatic rings. The Morgan fingerprint density at radius 2 is 1.84 bits per heavy atom. The number of hydrogen-bond donors (Lipinski definition) is 0. The first kappa shape index (κ1) is 16.5. The number of Topliss-reactive ketones (excluding diaryl/α,β-unsaturated/α-hetero) is 1. The second kappa shape index (κ2) is 6.73. The maximum atomic E-state index is 12.5. The van der Waals surface area contributed by atoms with E-state index < -0.39 is 11.7 Å². The van der Waals surface area contributed by atoms with Gasteiger partial charge in [-0.3, -0.25) is 19.4 Å². The van der Waals surface area contributed by atoms with Crippen LogP contribution in [0.3, 0.4) is 0 Å². The van der Waals surface area contributed by atoms with Crippen LogP contribution in [-0.4, -0.2) is 35.8 Å². The summed E-state index contributed by atoms with van der Waals surface area (Å²) >= 11 is 3.40. The third-order valence-corrected chi connectivity index (χ3v) is 5.75. The summed E-state index contributed by atoms with van der Waals surface area (Å²) in [6.07, 6.45) is 3.22. The lowest BCUT2D eigenvalue weighted by Crippen LogP contribution is -2.43. The minimum Gasteiger partial charge on any atom is -0.291 e. The molecule has 2 aliphatic heterocycles. The van der Waals surface area contributed by atoms with E-state index in [0.29, 0.717) is 22.7 Å². The van der Waals surface area contributed by atoms with E-state index in [1.807, 2.05) is 24.3 Å². The van der Waals surface area contributed by atoms with Crippen molar-refractivity contribution >= 4 is 33.3 Å². The summed E-state index contributed by atoms with van der Waals surface area (Å²) in [4.78, 5) is 28.8. The molecule has 0 N–H and O–H groups in total. The fraction of sp³-hybridized carbons (Fsp3) is 0.300. The minimum absolute atomic E-state index is 0.404. The summed E-state index contributed by atoms with van der Waals surface area (Å²) in [7, 11) is 0. The summed E-state index contributed by atoms with van der Waals surface area (Å²) in [6, 6.07) is 16.4. The molecule has 5 heteroatoms. The van der Waals surface area contributed by atoms with Crippen LogP contribution < -0.4 is 4.90 Å². The van der Waals surface area contributed by atoms with Gasteiger partial charge in [-0.05, 0) is 52.9 Å². The van der Waals surface area contributed by atoms with Gasteiger partial charge < -0.3 is 0 Å². The Morgan fingerprint density at radius 3 is 2.64 bits per heavy atom. The Balaban J connectivity index is 1.55. The molecule has 2 heterocycles. The minimum atomic E-state index is -0.424. The molecule has 1 amide bonds. The Morgan fingerprint density at radius 1 is 1.04 bits per heavy atom. The highest BCUT2D eigenvalue weighted by Crippen LogP contribution is 2.35. The van der Waals surface area contributed by atoms with Gasteiger partial charge in [0.1, 0.15) is 0 Å². The zero-order valence-corrected chi connectivity index (χ0v) is 15.4. The van der Waals surface area contributed by atoms with Crippen molar-refractivity contribution in [1.82, 2.24) is 4.90 Å². The van der Waals surface area contributed by atoms with Crippen molar-refractivity contribution in [1.29, 1.82) is 0 Å². The maximum absolute atomic E-state index is 12.5. The molecule has 128 valence electrons. The predicted molar refractivity (Wildman–Crippen MR) is 101 cm³/mol. The first-order valence-electron chi connectivity index (χ1n) is 8.58. The number of benzene rings is 2. The molecular formula is C20H19BrN2O2. The van der Waals surface area contributed by atoms with Crippen LogP contribution in [0, 0.1) is 0 Å². The number of hydrogen-bond acceptors (Lipinski definition) is 3. The summed E-state index contributed by atoms with van der Waals surface area (Å²) in [5, 5.41) is 0. The zero-order chi connectivity index (χ0) is 17.4. The van der Waals surface area contributed by atoms with Crippen molar-refractivity contribution < 1.29 is 9.59 Å². The molecule has 2 aromatic carbocycles. The average Bonchev–Trinajstić information content (AvgIpc) is 3.15. The van der Waals surface area contributed by atoms with E-state index in [1.165, 1.54) is 5.56 Å². The van der Waals surface area contributed by atoms with Crippen LogP contribution in [0.4, 0.5) is 5.69 Å². The SMILES string of the molecule is O=C1C(=O)N(CN2CCCC2Cc2ccccc2)c2cccc(Br)c21. The van der Waals surface area contributed by atoms with Gasteiger partial charge in [-0.1, -0.05) is 36.4 Å². The summed E-state index contributed by atoms with van der Waals surface area (Å²) in [6.45, 7) is 1.43. The third kappa shape index (κ3) is 3.02. The van der Waals surface area contributed by atoms with Gasteiger partial charge in [0.2, 0.25) is 0 Å². The predicted octanol–water partition coefficient (Wildman–Crippen LogP) is 3.64. The number of ketones is 1. The number of amides is 1. The molecule has 0 bridgehead atoms. The molecule has 1 unspecified atom stereocenters. The van der Waals surface area contributed by atoms with Gasteiger partial charge in [0, 0.05) is 17.1 Å². The summed E-state index contributed by atoms with van der Waals surface area (Å²) in [5.41, 5.74) is 2.52. The molecule has 0 aromatic heterocycles. The average molecular weight is 399 g/mol. The molecule has 4 rings (SSSR count). The maximum Gasteiger partial charge on any atom is 0.300 e. The highest BCUT2D eigenvalue weighted by atomic mass is 79.9. The molecule has 1 fully saturated rings. The summed E-state index contributed by atoms with van der Waals surface area (Å²) < 4.78 is 0.688. The number of halogens is 1. The highest BCUT2D eigenvalue weighted by molar-refractivity contribution is 9.10. The van der Waals surface area contributed by atoms with Crippen molar-refractivity contribution in [2.75, 3.05) is 18.1 Å². The number of carbonyl (C=O) groups excluding carboxylic acids is 2. The van der Waals surface area contributed by atoms with E-state index in [1.54, 1.807) is 4.90 Å². The van der Waals surface area contributed by atoms with Gasteiger partial charge >= 0.3 is 5.91 Å². The van der Waals surface area contributed by atoms with Crippen molar-refractivity contribution in [2.45, 2.75) is 25.3 Å². The van der Waals surface area contributed by atoms with E-state index in [4.69, 9.17) is 0 Å². The van der Waals surface area contributed by atoms with E-state index in [-0.39, 0.29) is 0 Å². The second-order valence-electron chi connectivity index (χ2n) is 6.64. The fourth-order valence-corrected chi connectivity index (χ4v) is 4.36. The Labute approximate surface area is 155 Å². The van der Waals surface area contributed by atoms with Crippen molar-refractivity contribution in [3.05, 3.63) is 64.1 Å². The first-order valence-corrected chi connectivity index (χ1v) is 9.37. The number of nitrogens with zero attached hydrogens (tertiary/aromatic N) is 2. The van der Waals surface area contributed by atoms with Gasteiger partial charge in [0.25, 0.3) is 5.78 Å². The molecular weight excluding hydrogens is 380 g/mol. The van der Waals surface area contributed by atoms with Gasteiger partial charge in [0.15, 0.2) is 0 Å². The van der Waals surface area contributed by atoms with E-state index in [2.05, 4.69) is 45.1 Å². The smallest absolute Gasteiger partial charge is 0.291 e. The molecule has 25 heavy (non-hydrogen) atoms. The topological polar surface area (TPSA) is 40.6 Å². The number of fused-ring (bicyclic) bond motifs is 1. The molecule has 2 aliphatic rings. The lowest BCUT2D eigenvalue weighted by molar-refractivity contribution is -0.114. The molecule has 1 saturated heterocycles. The van der Waals surface area contributed by atoms with E-state index in [9.17, 15) is 9.59 Å². The Bertz CT molecular complexity index is 822. The number of carbonyl (C=O) groups is 2. The van der Waals surface area contributed by atoms with Crippen LogP contribution in [0.25, 0.3) is 0 Å². The van der Waals surface area contributed by atoms with Gasteiger partial charge in [0.05, 0.1) is 17.9 Å². The lowest BCUT2D eigenvalue weighted by atomic mass is 10.0. The Kier molecular flexibility index (Phi) is 4.44. The van der Waals surface area contributed by atoms with Crippen LogP contribution in [0.5, 0.6) is 0 Å². The van der Waals surface area contributed by atoms with Crippen molar-refractivity contribution in [2.24, 2.45) is 0 Å².